The molecule has 2 amide bonds. The lowest BCUT2D eigenvalue weighted by Gasteiger charge is -2.30. The molecule has 0 bridgehead atoms. The van der Waals surface area contributed by atoms with Gasteiger partial charge in [0.25, 0.3) is 11.8 Å². The van der Waals surface area contributed by atoms with Crippen molar-refractivity contribution in [3.8, 4) is 0 Å². The average molecular weight is 338 g/mol. The van der Waals surface area contributed by atoms with E-state index in [1.54, 1.807) is 21.8 Å². The van der Waals surface area contributed by atoms with Gasteiger partial charge in [-0.15, -0.1) is 22.7 Å². The van der Waals surface area contributed by atoms with Gasteiger partial charge in [-0.1, -0.05) is 13.3 Å². The molecule has 8 heteroatoms. The van der Waals surface area contributed by atoms with E-state index < -0.39 is 5.54 Å². The van der Waals surface area contributed by atoms with E-state index in [0.29, 0.717) is 17.9 Å². The van der Waals surface area contributed by atoms with E-state index in [9.17, 15) is 9.59 Å². The first-order valence-electron chi connectivity index (χ1n) is 6.91. The molecule has 0 aliphatic carbocycles. The van der Waals surface area contributed by atoms with Gasteiger partial charge >= 0.3 is 0 Å². The molecule has 2 aromatic heterocycles. The largest absolute Gasteiger partial charge is 0.348 e. The SMILES string of the molecule is CCC[C@](C)(CNC(=O)c1cscn1)NC(=O)c1cscn1. The van der Waals surface area contributed by atoms with Crippen molar-refractivity contribution in [2.45, 2.75) is 32.2 Å². The fraction of sp³-hybridized carbons (Fsp3) is 0.429. The molecule has 0 fully saturated rings. The van der Waals surface area contributed by atoms with Crippen molar-refractivity contribution >= 4 is 34.5 Å². The van der Waals surface area contributed by atoms with Gasteiger partial charge in [-0.05, 0) is 13.3 Å². The summed E-state index contributed by atoms with van der Waals surface area (Å²) in [4.78, 5) is 32.1. The number of thiazole rings is 2. The van der Waals surface area contributed by atoms with Crippen LogP contribution in [0.5, 0.6) is 0 Å². The van der Waals surface area contributed by atoms with Gasteiger partial charge in [0.15, 0.2) is 0 Å². The number of nitrogens with zero attached hydrogens (tertiary/aromatic N) is 2. The van der Waals surface area contributed by atoms with Gasteiger partial charge in [0.2, 0.25) is 0 Å². The number of carbonyl (C=O) groups is 2. The summed E-state index contributed by atoms with van der Waals surface area (Å²) in [6.07, 6.45) is 1.64. The highest BCUT2D eigenvalue weighted by molar-refractivity contribution is 7.08. The summed E-state index contributed by atoms with van der Waals surface area (Å²) in [6, 6.07) is 0. The van der Waals surface area contributed by atoms with Crippen LogP contribution in [0.3, 0.4) is 0 Å². The number of amides is 2. The molecular weight excluding hydrogens is 320 g/mol. The molecule has 0 aliphatic heterocycles. The third-order valence-electron chi connectivity index (χ3n) is 3.19. The number of hydrogen-bond donors (Lipinski definition) is 2. The fourth-order valence-electron chi connectivity index (χ4n) is 2.10. The minimum atomic E-state index is -0.527. The first-order valence-corrected chi connectivity index (χ1v) is 8.80. The molecule has 2 aromatic rings. The minimum Gasteiger partial charge on any atom is -0.348 e. The Labute approximate surface area is 137 Å². The lowest BCUT2D eigenvalue weighted by Crippen LogP contribution is -2.53. The van der Waals surface area contributed by atoms with Crippen LogP contribution < -0.4 is 10.6 Å². The smallest absolute Gasteiger partial charge is 0.271 e. The Morgan fingerprint density at radius 1 is 1.14 bits per heavy atom. The molecule has 0 unspecified atom stereocenters. The third-order valence-corrected chi connectivity index (χ3v) is 4.36. The van der Waals surface area contributed by atoms with Crippen LogP contribution in [0.15, 0.2) is 21.8 Å². The van der Waals surface area contributed by atoms with Gasteiger partial charge in [0.05, 0.1) is 16.6 Å². The van der Waals surface area contributed by atoms with Crippen molar-refractivity contribution in [1.82, 2.24) is 20.6 Å². The van der Waals surface area contributed by atoms with Crippen LogP contribution in [0.1, 0.15) is 47.7 Å². The molecule has 0 aromatic carbocycles. The zero-order valence-electron chi connectivity index (χ0n) is 12.5. The lowest BCUT2D eigenvalue weighted by molar-refractivity contribution is 0.0863. The lowest BCUT2D eigenvalue weighted by atomic mass is 9.95. The number of aromatic nitrogens is 2. The molecule has 2 rings (SSSR count). The van der Waals surface area contributed by atoms with Gasteiger partial charge in [0.1, 0.15) is 11.4 Å². The van der Waals surface area contributed by atoms with E-state index in [0.717, 1.165) is 12.8 Å². The van der Waals surface area contributed by atoms with Crippen LogP contribution in [0.4, 0.5) is 0 Å². The molecule has 118 valence electrons. The molecule has 1 atom stereocenters. The molecule has 0 aliphatic rings. The summed E-state index contributed by atoms with van der Waals surface area (Å²) < 4.78 is 0. The first-order chi connectivity index (χ1) is 10.5. The van der Waals surface area contributed by atoms with Crippen LogP contribution in [0, 0.1) is 0 Å². The van der Waals surface area contributed by atoms with Gasteiger partial charge in [-0.25, -0.2) is 9.97 Å². The second kappa shape index (κ2) is 7.46. The van der Waals surface area contributed by atoms with Crippen molar-refractivity contribution in [2.75, 3.05) is 6.54 Å². The van der Waals surface area contributed by atoms with Crippen LogP contribution in [0.2, 0.25) is 0 Å². The summed E-state index contributed by atoms with van der Waals surface area (Å²) in [7, 11) is 0. The van der Waals surface area contributed by atoms with E-state index in [4.69, 9.17) is 0 Å². The maximum atomic E-state index is 12.2. The van der Waals surface area contributed by atoms with Crippen molar-refractivity contribution in [2.24, 2.45) is 0 Å². The summed E-state index contributed by atoms with van der Waals surface area (Å²) >= 11 is 2.75. The van der Waals surface area contributed by atoms with Crippen LogP contribution in [0.25, 0.3) is 0 Å². The molecule has 0 radical (unpaired) electrons. The molecule has 0 saturated heterocycles. The van der Waals surface area contributed by atoms with Gasteiger partial charge in [0, 0.05) is 17.3 Å². The highest BCUT2D eigenvalue weighted by Gasteiger charge is 2.27. The second-order valence-corrected chi connectivity index (χ2v) is 6.63. The normalized spacial score (nSPS) is 13.4. The van der Waals surface area contributed by atoms with Crippen LogP contribution in [-0.4, -0.2) is 33.9 Å². The highest BCUT2D eigenvalue weighted by atomic mass is 32.1. The van der Waals surface area contributed by atoms with Crippen molar-refractivity contribution in [1.29, 1.82) is 0 Å². The van der Waals surface area contributed by atoms with Crippen molar-refractivity contribution in [3.63, 3.8) is 0 Å². The Hall–Kier alpha value is -1.80. The molecule has 0 spiro atoms. The van der Waals surface area contributed by atoms with Crippen molar-refractivity contribution in [3.05, 3.63) is 33.2 Å². The molecular formula is C14H18N4O2S2. The molecule has 22 heavy (non-hydrogen) atoms. The van der Waals surface area contributed by atoms with Gasteiger partial charge < -0.3 is 10.6 Å². The highest BCUT2D eigenvalue weighted by Crippen LogP contribution is 2.13. The molecule has 6 nitrogen and oxygen atoms in total. The maximum Gasteiger partial charge on any atom is 0.271 e. The number of rotatable bonds is 7. The average Bonchev–Trinajstić information content (AvgIpc) is 3.17. The van der Waals surface area contributed by atoms with E-state index >= 15 is 0 Å². The van der Waals surface area contributed by atoms with E-state index in [1.807, 2.05) is 13.8 Å². The number of hydrogen-bond acceptors (Lipinski definition) is 6. The molecule has 2 heterocycles. The summed E-state index contributed by atoms with van der Waals surface area (Å²) in [5.41, 5.74) is 3.51. The molecule has 2 N–H and O–H groups in total. The summed E-state index contributed by atoms with van der Waals surface area (Å²) in [5, 5.41) is 9.20. The second-order valence-electron chi connectivity index (χ2n) is 5.19. The minimum absolute atomic E-state index is 0.222. The van der Waals surface area contributed by atoms with E-state index in [2.05, 4.69) is 20.6 Å². The standard InChI is InChI=1S/C14H18N4O2S2/c1-3-4-14(2,18-13(20)11-6-22-9-17-11)7-15-12(19)10-5-21-8-16-10/h5-6,8-9H,3-4,7H2,1-2H3,(H,15,19)(H,18,20)/t14-/m1/s1. The van der Waals surface area contributed by atoms with Crippen LogP contribution >= 0.6 is 22.7 Å². The van der Waals surface area contributed by atoms with Crippen molar-refractivity contribution < 1.29 is 9.59 Å². The predicted molar refractivity (Wildman–Crippen MR) is 87.3 cm³/mol. The zero-order valence-corrected chi connectivity index (χ0v) is 14.1. The zero-order chi connectivity index (χ0) is 16.0. The Morgan fingerprint density at radius 3 is 2.23 bits per heavy atom. The Morgan fingerprint density at radius 2 is 1.73 bits per heavy atom. The van der Waals surface area contributed by atoms with Gasteiger partial charge in [-0.2, -0.15) is 0 Å². The number of carbonyl (C=O) groups excluding carboxylic acids is 2. The van der Waals surface area contributed by atoms with Gasteiger partial charge in [-0.3, -0.25) is 9.59 Å². The molecule has 0 saturated carbocycles. The fourth-order valence-corrected chi connectivity index (χ4v) is 3.16. The van der Waals surface area contributed by atoms with E-state index in [-0.39, 0.29) is 11.8 Å². The third kappa shape index (κ3) is 4.35. The van der Waals surface area contributed by atoms with Crippen LogP contribution in [-0.2, 0) is 0 Å². The maximum absolute atomic E-state index is 12.2. The Bertz CT molecular complexity index is 613. The quantitative estimate of drug-likeness (QED) is 0.811. The Kier molecular flexibility index (Phi) is 5.62. The topological polar surface area (TPSA) is 84.0 Å². The first kappa shape index (κ1) is 16.6. The number of nitrogens with one attached hydrogen (secondary N) is 2. The summed E-state index contributed by atoms with van der Waals surface area (Å²) in [5.74, 6) is -0.452. The monoisotopic (exact) mass is 338 g/mol. The Balaban J connectivity index is 1.98. The predicted octanol–water partition coefficient (Wildman–Crippen LogP) is 2.32. The van der Waals surface area contributed by atoms with E-state index in [1.165, 1.54) is 22.7 Å². The summed E-state index contributed by atoms with van der Waals surface area (Å²) in [6.45, 7) is 4.30.